The highest BCUT2D eigenvalue weighted by Gasteiger charge is 2.24. The van der Waals surface area contributed by atoms with E-state index in [-0.39, 0.29) is 17.6 Å². The number of nitrogens with one attached hydrogen (secondary N) is 1. The largest absolute Gasteiger partial charge is 0.476 e. The summed E-state index contributed by atoms with van der Waals surface area (Å²) in [5.41, 5.74) is 0.0494. The van der Waals surface area contributed by atoms with Gasteiger partial charge in [-0.15, -0.1) is 11.3 Å². The predicted octanol–water partition coefficient (Wildman–Crippen LogP) is 1.57. The first-order valence-corrected chi connectivity index (χ1v) is 7.06. The molecule has 7 heteroatoms. The van der Waals surface area contributed by atoms with Crippen molar-refractivity contribution in [1.82, 2.24) is 9.88 Å². The summed E-state index contributed by atoms with van der Waals surface area (Å²) in [5, 5.41) is 12.4. The fourth-order valence-corrected chi connectivity index (χ4v) is 3.01. The molecule has 0 aliphatic carbocycles. The zero-order valence-electron chi connectivity index (χ0n) is 11.0. The number of aromatic carboxylic acids is 1. The van der Waals surface area contributed by atoms with E-state index in [1.165, 1.54) is 11.3 Å². The van der Waals surface area contributed by atoms with Gasteiger partial charge in [0, 0.05) is 18.0 Å². The molecule has 2 heterocycles. The van der Waals surface area contributed by atoms with Gasteiger partial charge in [0.05, 0.1) is 0 Å². The van der Waals surface area contributed by atoms with Crippen LogP contribution in [0.25, 0.3) is 0 Å². The summed E-state index contributed by atoms with van der Waals surface area (Å²) in [5.74, 6) is -0.998. The van der Waals surface area contributed by atoms with Crippen LogP contribution in [0.15, 0.2) is 0 Å². The lowest BCUT2D eigenvalue weighted by Crippen LogP contribution is -2.39. The Balaban J connectivity index is 2.02. The predicted molar refractivity (Wildman–Crippen MR) is 72.7 cm³/mol. The first kappa shape index (κ1) is 13.8. The van der Waals surface area contributed by atoms with Crippen molar-refractivity contribution in [2.45, 2.75) is 32.7 Å². The number of hydrogen-bond acceptors (Lipinski definition) is 5. The number of amides is 1. The van der Waals surface area contributed by atoms with Gasteiger partial charge in [0.1, 0.15) is 6.04 Å². The summed E-state index contributed by atoms with van der Waals surface area (Å²) in [4.78, 5) is 29.5. The number of carboxylic acids is 1. The number of carboxylic acid groups (broad SMARTS) is 1. The van der Waals surface area contributed by atoms with Crippen molar-refractivity contribution in [3.05, 3.63) is 10.6 Å². The van der Waals surface area contributed by atoms with Crippen molar-refractivity contribution in [2.75, 3.05) is 18.4 Å². The van der Waals surface area contributed by atoms with E-state index in [1.54, 1.807) is 13.8 Å². The van der Waals surface area contributed by atoms with Crippen LogP contribution in [0, 0.1) is 6.92 Å². The van der Waals surface area contributed by atoms with Gasteiger partial charge in [-0.3, -0.25) is 4.79 Å². The lowest BCUT2D eigenvalue weighted by molar-refractivity contribution is -0.130. The first-order chi connectivity index (χ1) is 8.99. The molecule has 1 amide bonds. The van der Waals surface area contributed by atoms with E-state index in [0.29, 0.717) is 10.0 Å². The van der Waals surface area contributed by atoms with Crippen molar-refractivity contribution in [3.8, 4) is 0 Å². The highest BCUT2D eigenvalue weighted by molar-refractivity contribution is 7.15. The lowest BCUT2D eigenvalue weighted by Gasteiger charge is -2.20. The minimum absolute atomic E-state index is 0.0437. The van der Waals surface area contributed by atoms with E-state index in [4.69, 9.17) is 5.11 Å². The van der Waals surface area contributed by atoms with Crippen molar-refractivity contribution < 1.29 is 14.7 Å². The van der Waals surface area contributed by atoms with E-state index in [2.05, 4.69) is 10.3 Å². The van der Waals surface area contributed by atoms with Crippen LogP contribution in [0.2, 0.25) is 0 Å². The minimum Gasteiger partial charge on any atom is -0.476 e. The molecule has 2 N–H and O–H groups in total. The highest BCUT2D eigenvalue weighted by atomic mass is 32.1. The van der Waals surface area contributed by atoms with Gasteiger partial charge in [0.2, 0.25) is 5.91 Å². The number of rotatable bonds is 4. The van der Waals surface area contributed by atoms with Gasteiger partial charge >= 0.3 is 5.97 Å². The van der Waals surface area contributed by atoms with E-state index in [0.717, 1.165) is 25.9 Å². The number of hydrogen-bond donors (Lipinski definition) is 2. The molecule has 0 saturated carbocycles. The van der Waals surface area contributed by atoms with Crippen LogP contribution in [-0.2, 0) is 4.79 Å². The van der Waals surface area contributed by atoms with E-state index >= 15 is 0 Å². The molecule has 1 atom stereocenters. The Bertz CT molecular complexity index is 494. The number of carbonyl (C=O) groups excluding carboxylic acids is 1. The topological polar surface area (TPSA) is 82.5 Å². The molecule has 19 heavy (non-hydrogen) atoms. The molecule has 1 saturated heterocycles. The molecule has 104 valence electrons. The molecular formula is C12H17N3O3S. The maximum absolute atomic E-state index is 12.1. The molecule has 2 rings (SSSR count). The van der Waals surface area contributed by atoms with E-state index in [1.807, 2.05) is 4.90 Å². The number of aromatic nitrogens is 1. The molecule has 0 aromatic carbocycles. The second-order valence-electron chi connectivity index (χ2n) is 4.63. The van der Waals surface area contributed by atoms with Gasteiger partial charge in [0.15, 0.2) is 10.8 Å². The Morgan fingerprint density at radius 3 is 2.58 bits per heavy atom. The number of thiazole rings is 1. The Kier molecular flexibility index (Phi) is 4.04. The molecule has 1 aliphatic heterocycles. The third-order valence-electron chi connectivity index (χ3n) is 3.13. The number of anilines is 1. The second kappa shape index (κ2) is 5.56. The molecule has 6 nitrogen and oxygen atoms in total. The van der Waals surface area contributed by atoms with Gasteiger partial charge < -0.3 is 15.3 Å². The first-order valence-electron chi connectivity index (χ1n) is 6.25. The smallest absolute Gasteiger partial charge is 0.355 e. The lowest BCUT2D eigenvalue weighted by atomic mass is 10.3. The van der Waals surface area contributed by atoms with Crippen LogP contribution in [0.5, 0.6) is 0 Å². The second-order valence-corrected chi connectivity index (χ2v) is 5.83. The Morgan fingerprint density at radius 2 is 2.05 bits per heavy atom. The Labute approximate surface area is 115 Å². The van der Waals surface area contributed by atoms with Crippen molar-refractivity contribution in [3.63, 3.8) is 0 Å². The molecule has 0 bridgehead atoms. The van der Waals surface area contributed by atoms with Crippen molar-refractivity contribution in [2.24, 2.45) is 0 Å². The summed E-state index contributed by atoms with van der Waals surface area (Å²) in [6.45, 7) is 5.10. The molecule has 0 spiro atoms. The number of likely N-dealkylation sites (tertiary alicyclic amines) is 1. The standard InChI is InChI=1S/C12H17N3O3S/c1-7(10(16)15-5-3-4-6-15)13-12-14-9(11(17)18)8(2)19-12/h7H,3-6H2,1-2H3,(H,13,14)(H,17,18). The molecule has 1 aromatic rings. The summed E-state index contributed by atoms with van der Waals surface area (Å²) >= 11 is 1.26. The maximum Gasteiger partial charge on any atom is 0.355 e. The molecule has 1 aliphatic rings. The molecular weight excluding hydrogens is 266 g/mol. The van der Waals surface area contributed by atoms with E-state index < -0.39 is 5.97 Å². The summed E-state index contributed by atoms with van der Waals surface area (Å²) in [6.07, 6.45) is 2.11. The molecule has 0 radical (unpaired) electrons. The monoisotopic (exact) mass is 283 g/mol. The van der Waals surface area contributed by atoms with Crippen molar-refractivity contribution >= 4 is 28.3 Å². The number of carbonyl (C=O) groups is 2. The minimum atomic E-state index is -1.04. The van der Waals surface area contributed by atoms with Crippen LogP contribution in [0.4, 0.5) is 5.13 Å². The quantitative estimate of drug-likeness (QED) is 0.876. The fraction of sp³-hybridized carbons (Fsp3) is 0.583. The van der Waals surface area contributed by atoms with Gasteiger partial charge in [-0.25, -0.2) is 9.78 Å². The Hall–Kier alpha value is -1.63. The van der Waals surface area contributed by atoms with Crippen LogP contribution in [0.3, 0.4) is 0 Å². The highest BCUT2D eigenvalue weighted by Crippen LogP contribution is 2.23. The SMILES string of the molecule is Cc1sc(NC(C)C(=O)N2CCCC2)nc1C(=O)O. The normalized spacial score (nSPS) is 16.4. The fourth-order valence-electron chi connectivity index (χ4n) is 2.11. The zero-order chi connectivity index (χ0) is 14.0. The van der Waals surface area contributed by atoms with Gasteiger partial charge in [-0.2, -0.15) is 0 Å². The van der Waals surface area contributed by atoms with Crippen molar-refractivity contribution in [1.29, 1.82) is 0 Å². The number of aryl methyl sites for hydroxylation is 1. The van der Waals surface area contributed by atoms with Gasteiger partial charge in [-0.1, -0.05) is 0 Å². The summed E-state index contributed by atoms with van der Waals surface area (Å²) in [6, 6.07) is -0.384. The Morgan fingerprint density at radius 1 is 1.42 bits per heavy atom. The maximum atomic E-state index is 12.1. The average molecular weight is 283 g/mol. The molecule has 1 unspecified atom stereocenters. The van der Waals surface area contributed by atoms with Gasteiger partial charge in [-0.05, 0) is 26.7 Å². The van der Waals surface area contributed by atoms with Crippen LogP contribution < -0.4 is 5.32 Å². The van der Waals surface area contributed by atoms with Crippen LogP contribution in [0.1, 0.15) is 35.1 Å². The summed E-state index contributed by atoms with van der Waals surface area (Å²) < 4.78 is 0. The number of nitrogens with zero attached hydrogens (tertiary/aromatic N) is 2. The van der Waals surface area contributed by atoms with Crippen LogP contribution in [-0.4, -0.2) is 46.0 Å². The zero-order valence-corrected chi connectivity index (χ0v) is 11.8. The molecule has 1 aromatic heterocycles. The molecule has 1 fully saturated rings. The van der Waals surface area contributed by atoms with Gasteiger partial charge in [0.25, 0.3) is 0 Å². The van der Waals surface area contributed by atoms with Crippen LogP contribution >= 0.6 is 11.3 Å². The van der Waals surface area contributed by atoms with E-state index in [9.17, 15) is 9.59 Å². The third kappa shape index (κ3) is 3.04. The third-order valence-corrected chi connectivity index (χ3v) is 4.03. The summed E-state index contributed by atoms with van der Waals surface area (Å²) in [7, 11) is 0. The average Bonchev–Trinajstić information content (AvgIpc) is 2.97.